The number of ether oxygens (including phenoxy) is 3. The molecule has 0 amide bonds. The summed E-state index contributed by atoms with van der Waals surface area (Å²) in [5.74, 6) is -0.994. The van der Waals surface area contributed by atoms with Crippen LogP contribution in [0.1, 0.15) is 26.7 Å². The molecule has 0 bridgehead atoms. The molecule has 0 spiro atoms. The lowest BCUT2D eigenvalue weighted by atomic mass is 10.2. The van der Waals surface area contributed by atoms with E-state index in [1.54, 1.807) is 6.92 Å². The van der Waals surface area contributed by atoms with E-state index in [9.17, 15) is 9.59 Å². The minimum Gasteiger partial charge on any atom is -0.467 e. The van der Waals surface area contributed by atoms with Crippen molar-refractivity contribution in [1.29, 1.82) is 0 Å². The highest BCUT2D eigenvalue weighted by molar-refractivity contribution is 5.81. The SMILES string of the molecule is CCCOC(=O)CC(OCC)C(=O)OC. The Morgan fingerprint density at radius 3 is 2.40 bits per heavy atom. The van der Waals surface area contributed by atoms with Crippen LogP contribution in [0.3, 0.4) is 0 Å². The van der Waals surface area contributed by atoms with Gasteiger partial charge < -0.3 is 14.2 Å². The van der Waals surface area contributed by atoms with Crippen molar-refractivity contribution < 1.29 is 23.8 Å². The van der Waals surface area contributed by atoms with Crippen LogP contribution in [0.2, 0.25) is 0 Å². The van der Waals surface area contributed by atoms with Crippen molar-refractivity contribution >= 4 is 11.9 Å². The molecular weight excluding hydrogens is 200 g/mol. The number of carbonyl (C=O) groups excluding carboxylic acids is 2. The molecule has 5 heteroatoms. The molecule has 0 N–H and O–H groups in total. The van der Waals surface area contributed by atoms with Crippen LogP contribution in [-0.4, -0.2) is 38.4 Å². The molecule has 0 saturated heterocycles. The van der Waals surface area contributed by atoms with E-state index in [1.165, 1.54) is 7.11 Å². The number of carbonyl (C=O) groups is 2. The van der Waals surface area contributed by atoms with E-state index in [4.69, 9.17) is 9.47 Å². The molecule has 1 unspecified atom stereocenters. The molecule has 0 fully saturated rings. The smallest absolute Gasteiger partial charge is 0.335 e. The number of methoxy groups -OCH3 is 1. The van der Waals surface area contributed by atoms with Crippen LogP contribution in [0.5, 0.6) is 0 Å². The highest BCUT2D eigenvalue weighted by Gasteiger charge is 2.23. The Balaban J connectivity index is 4.03. The van der Waals surface area contributed by atoms with Crippen LogP contribution in [0.15, 0.2) is 0 Å². The molecule has 0 aliphatic carbocycles. The molecule has 0 saturated carbocycles. The van der Waals surface area contributed by atoms with Gasteiger partial charge in [-0.3, -0.25) is 4.79 Å². The third-order valence-corrected chi connectivity index (χ3v) is 1.65. The molecule has 0 heterocycles. The normalized spacial score (nSPS) is 11.9. The second kappa shape index (κ2) is 8.23. The topological polar surface area (TPSA) is 61.8 Å². The van der Waals surface area contributed by atoms with Gasteiger partial charge in [0.15, 0.2) is 6.10 Å². The summed E-state index contributed by atoms with van der Waals surface area (Å²) in [7, 11) is 1.26. The van der Waals surface area contributed by atoms with E-state index in [-0.39, 0.29) is 6.42 Å². The number of esters is 2. The van der Waals surface area contributed by atoms with Gasteiger partial charge in [0.25, 0.3) is 0 Å². The van der Waals surface area contributed by atoms with E-state index in [0.717, 1.165) is 6.42 Å². The molecule has 0 aliphatic heterocycles. The maximum atomic E-state index is 11.2. The Labute approximate surface area is 89.7 Å². The molecule has 5 nitrogen and oxygen atoms in total. The molecule has 0 rings (SSSR count). The fourth-order valence-electron chi connectivity index (χ4n) is 0.969. The minimum atomic E-state index is -0.857. The van der Waals surface area contributed by atoms with Crippen molar-refractivity contribution in [1.82, 2.24) is 0 Å². The van der Waals surface area contributed by atoms with Gasteiger partial charge in [-0.15, -0.1) is 0 Å². The van der Waals surface area contributed by atoms with E-state index in [0.29, 0.717) is 13.2 Å². The van der Waals surface area contributed by atoms with E-state index in [2.05, 4.69) is 4.74 Å². The summed E-state index contributed by atoms with van der Waals surface area (Å²) < 4.78 is 14.4. The average molecular weight is 218 g/mol. The van der Waals surface area contributed by atoms with Gasteiger partial charge >= 0.3 is 11.9 Å². The molecule has 15 heavy (non-hydrogen) atoms. The van der Waals surface area contributed by atoms with Crippen LogP contribution < -0.4 is 0 Å². The standard InChI is InChI=1S/C10H18O5/c1-4-6-15-9(11)7-8(14-5-2)10(12)13-3/h8H,4-7H2,1-3H3. The summed E-state index contributed by atoms with van der Waals surface area (Å²) >= 11 is 0. The molecule has 0 radical (unpaired) electrons. The van der Waals surface area contributed by atoms with Gasteiger partial charge in [0.2, 0.25) is 0 Å². The Morgan fingerprint density at radius 1 is 1.27 bits per heavy atom. The Kier molecular flexibility index (Phi) is 7.62. The third-order valence-electron chi connectivity index (χ3n) is 1.65. The summed E-state index contributed by atoms with van der Waals surface area (Å²) in [4.78, 5) is 22.4. The van der Waals surface area contributed by atoms with Crippen LogP contribution >= 0.6 is 0 Å². The lowest BCUT2D eigenvalue weighted by Gasteiger charge is -2.13. The van der Waals surface area contributed by atoms with E-state index < -0.39 is 18.0 Å². The second-order valence-corrected chi connectivity index (χ2v) is 2.89. The van der Waals surface area contributed by atoms with Crippen molar-refractivity contribution in [3.8, 4) is 0 Å². The van der Waals surface area contributed by atoms with Gasteiger partial charge in [0.1, 0.15) is 0 Å². The first-order valence-corrected chi connectivity index (χ1v) is 5.00. The number of hydrogen-bond donors (Lipinski definition) is 0. The predicted molar refractivity (Wildman–Crippen MR) is 53.3 cm³/mol. The van der Waals surface area contributed by atoms with Gasteiger partial charge in [-0.25, -0.2) is 4.79 Å². The highest BCUT2D eigenvalue weighted by atomic mass is 16.6. The molecule has 88 valence electrons. The highest BCUT2D eigenvalue weighted by Crippen LogP contribution is 2.03. The first-order valence-electron chi connectivity index (χ1n) is 5.00. The monoisotopic (exact) mass is 218 g/mol. The van der Waals surface area contributed by atoms with E-state index in [1.807, 2.05) is 6.92 Å². The second-order valence-electron chi connectivity index (χ2n) is 2.89. The Hall–Kier alpha value is -1.10. The fourth-order valence-corrected chi connectivity index (χ4v) is 0.969. The molecule has 1 atom stereocenters. The molecule has 0 aliphatic rings. The summed E-state index contributed by atoms with van der Waals surface area (Å²) in [5, 5.41) is 0. The van der Waals surface area contributed by atoms with Gasteiger partial charge in [0, 0.05) is 6.61 Å². The van der Waals surface area contributed by atoms with Crippen molar-refractivity contribution in [2.24, 2.45) is 0 Å². The third kappa shape index (κ3) is 6.06. The summed E-state index contributed by atoms with van der Waals surface area (Å²) in [5.41, 5.74) is 0. The Morgan fingerprint density at radius 2 is 1.93 bits per heavy atom. The van der Waals surface area contributed by atoms with Crippen molar-refractivity contribution in [2.45, 2.75) is 32.8 Å². The lowest BCUT2D eigenvalue weighted by Crippen LogP contribution is -2.29. The van der Waals surface area contributed by atoms with Gasteiger partial charge in [-0.05, 0) is 13.3 Å². The first kappa shape index (κ1) is 13.9. The number of hydrogen-bond acceptors (Lipinski definition) is 5. The summed E-state index contributed by atoms with van der Waals surface area (Å²) in [6, 6.07) is 0. The first-order chi connectivity index (χ1) is 7.15. The average Bonchev–Trinajstić information content (AvgIpc) is 2.24. The maximum Gasteiger partial charge on any atom is 0.335 e. The summed E-state index contributed by atoms with van der Waals surface area (Å²) in [6.07, 6.45) is -0.201. The molecule has 0 aromatic rings. The van der Waals surface area contributed by atoms with Crippen LogP contribution in [0.25, 0.3) is 0 Å². The largest absolute Gasteiger partial charge is 0.467 e. The van der Waals surface area contributed by atoms with Crippen LogP contribution in [0.4, 0.5) is 0 Å². The lowest BCUT2D eigenvalue weighted by molar-refractivity contribution is -0.161. The van der Waals surface area contributed by atoms with Crippen LogP contribution in [-0.2, 0) is 23.8 Å². The van der Waals surface area contributed by atoms with Crippen molar-refractivity contribution in [3.63, 3.8) is 0 Å². The van der Waals surface area contributed by atoms with Crippen molar-refractivity contribution in [2.75, 3.05) is 20.3 Å². The molecular formula is C10H18O5. The van der Waals surface area contributed by atoms with Gasteiger partial charge in [-0.2, -0.15) is 0 Å². The number of rotatable bonds is 7. The fraction of sp³-hybridized carbons (Fsp3) is 0.800. The van der Waals surface area contributed by atoms with Crippen LogP contribution in [0, 0.1) is 0 Å². The zero-order chi connectivity index (χ0) is 11.7. The zero-order valence-electron chi connectivity index (χ0n) is 9.45. The minimum absolute atomic E-state index is 0.0967. The predicted octanol–water partition coefficient (Wildman–Crippen LogP) is 0.908. The van der Waals surface area contributed by atoms with Gasteiger partial charge in [0.05, 0.1) is 20.1 Å². The quantitative estimate of drug-likeness (QED) is 0.594. The van der Waals surface area contributed by atoms with Gasteiger partial charge in [-0.1, -0.05) is 6.92 Å². The molecule has 0 aromatic carbocycles. The Bertz CT molecular complexity index is 202. The van der Waals surface area contributed by atoms with Crippen molar-refractivity contribution in [3.05, 3.63) is 0 Å². The zero-order valence-corrected chi connectivity index (χ0v) is 9.45. The van der Waals surface area contributed by atoms with E-state index >= 15 is 0 Å². The summed E-state index contributed by atoms with van der Waals surface area (Å²) in [6.45, 7) is 4.35. The molecule has 0 aromatic heterocycles. The maximum absolute atomic E-state index is 11.2.